The standard InChI is InChI=1S/C19H19N5O2/c1-12(2)24-18(21-22-23-24)15-5-4-6-16(11-15)19(26)20-17-9-7-14(8-10-17)13(3)25/h4-12H,1-3H3,(H,20,26). The number of Topliss-reactive ketones (excluding diaryl/α,β-unsaturated/α-hetero) is 1. The average Bonchev–Trinajstić information content (AvgIpc) is 3.12. The molecule has 7 nitrogen and oxygen atoms in total. The number of carbonyl (C=O) groups excluding carboxylic acids is 2. The fraction of sp³-hybridized carbons (Fsp3) is 0.211. The van der Waals surface area contributed by atoms with Crippen LogP contribution in [0.2, 0.25) is 0 Å². The number of benzene rings is 2. The summed E-state index contributed by atoms with van der Waals surface area (Å²) in [5.41, 5.74) is 2.49. The predicted molar refractivity (Wildman–Crippen MR) is 98.0 cm³/mol. The molecule has 0 unspecified atom stereocenters. The molecule has 7 heteroatoms. The minimum atomic E-state index is -0.244. The number of aromatic nitrogens is 4. The lowest BCUT2D eigenvalue weighted by atomic mass is 10.1. The van der Waals surface area contributed by atoms with Crippen LogP contribution in [0.4, 0.5) is 5.69 Å². The van der Waals surface area contributed by atoms with Crippen molar-refractivity contribution in [2.45, 2.75) is 26.8 Å². The summed E-state index contributed by atoms with van der Waals surface area (Å²) in [5.74, 6) is 0.352. The van der Waals surface area contributed by atoms with Crippen molar-refractivity contribution in [2.24, 2.45) is 0 Å². The second-order valence-electron chi connectivity index (χ2n) is 6.21. The van der Waals surface area contributed by atoms with Crippen molar-refractivity contribution < 1.29 is 9.59 Å². The zero-order valence-corrected chi connectivity index (χ0v) is 14.8. The molecule has 0 atom stereocenters. The quantitative estimate of drug-likeness (QED) is 0.713. The number of hydrogen-bond acceptors (Lipinski definition) is 5. The largest absolute Gasteiger partial charge is 0.322 e. The number of carbonyl (C=O) groups is 2. The molecule has 3 aromatic rings. The maximum absolute atomic E-state index is 12.5. The molecular formula is C19H19N5O2. The smallest absolute Gasteiger partial charge is 0.255 e. The summed E-state index contributed by atoms with van der Waals surface area (Å²) in [5, 5.41) is 14.6. The van der Waals surface area contributed by atoms with Crippen LogP contribution < -0.4 is 5.32 Å². The molecule has 26 heavy (non-hydrogen) atoms. The molecule has 0 radical (unpaired) electrons. The van der Waals surface area contributed by atoms with Gasteiger partial charge in [-0.25, -0.2) is 4.68 Å². The molecule has 0 bridgehead atoms. The molecule has 0 saturated carbocycles. The van der Waals surface area contributed by atoms with Crippen LogP contribution in [-0.2, 0) is 0 Å². The van der Waals surface area contributed by atoms with Gasteiger partial charge in [-0.2, -0.15) is 0 Å². The SMILES string of the molecule is CC(=O)c1ccc(NC(=O)c2cccc(-c3nnnn3C(C)C)c2)cc1. The summed E-state index contributed by atoms with van der Waals surface area (Å²) >= 11 is 0. The summed E-state index contributed by atoms with van der Waals surface area (Å²) in [6.07, 6.45) is 0. The van der Waals surface area contributed by atoms with Gasteiger partial charge < -0.3 is 5.32 Å². The van der Waals surface area contributed by atoms with E-state index >= 15 is 0 Å². The molecule has 0 fully saturated rings. The van der Waals surface area contributed by atoms with Crippen molar-refractivity contribution in [1.29, 1.82) is 0 Å². The zero-order chi connectivity index (χ0) is 18.7. The highest BCUT2D eigenvalue weighted by molar-refractivity contribution is 6.05. The second kappa shape index (κ2) is 7.26. The Bertz CT molecular complexity index is 945. The number of nitrogens with zero attached hydrogens (tertiary/aromatic N) is 4. The topological polar surface area (TPSA) is 89.8 Å². The normalized spacial score (nSPS) is 10.8. The van der Waals surface area contributed by atoms with Crippen LogP contribution in [0.3, 0.4) is 0 Å². The maximum Gasteiger partial charge on any atom is 0.255 e. The Balaban J connectivity index is 1.82. The van der Waals surface area contributed by atoms with Crippen LogP contribution in [0.1, 0.15) is 47.5 Å². The van der Waals surface area contributed by atoms with Gasteiger partial charge in [0.1, 0.15) is 0 Å². The maximum atomic E-state index is 12.5. The Hall–Kier alpha value is -3.35. The first-order valence-corrected chi connectivity index (χ1v) is 8.26. The van der Waals surface area contributed by atoms with Crippen LogP contribution in [0.15, 0.2) is 48.5 Å². The summed E-state index contributed by atoms with van der Waals surface area (Å²) in [7, 11) is 0. The van der Waals surface area contributed by atoms with Crippen molar-refractivity contribution >= 4 is 17.4 Å². The lowest BCUT2D eigenvalue weighted by Gasteiger charge is -2.09. The van der Waals surface area contributed by atoms with Gasteiger partial charge in [-0.15, -0.1) is 5.10 Å². The van der Waals surface area contributed by atoms with E-state index in [-0.39, 0.29) is 17.7 Å². The lowest BCUT2D eigenvalue weighted by molar-refractivity contribution is 0.101. The molecule has 1 amide bonds. The summed E-state index contributed by atoms with van der Waals surface area (Å²) in [4.78, 5) is 23.9. The number of ketones is 1. The Kier molecular flexibility index (Phi) is 4.88. The fourth-order valence-corrected chi connectivity index (χ4v) is 2.52. The van der Waals surface area contributed by atoms with E-state index in [9.17, 15) is 9.59 Å². The summed E-state index contributed by atoms with van der Waals surface area (Å²) in [6, 6.07) is 14.0. The van der Waals surface area contributed by atoms with E-state index in [0.717, 1.165) is 5.56 Å². The zero-order valence-electron chi connectivity index (χ0n) is 14.8. The minimum Gasteiger partial charge on any atom is -0.322 e. The van der Waals surface area contributed by atoms with Gasteiger partial charge in [-0.3, -0.25) is 9.59 Å². The number of nitrogens with one attached hydrogen (secondary N) is 1. The van der Waals surface area contributed by atoms with Gasteiger partial charge in [-0.05, 0) is 67.6 Å². The van der Waals surface area contributed by atoms with E-state index in [1.165, 1.54) is 6.92 Å². The van der Waals surface area contributed by atoms with Crippen molar-refractivity contribution in [2.75, 3.05) is 5.32 Å². The molecule has 1 N–H and O–H groups in total. The van der Waals surface area contributed by atoms with Gasteiger partial charge in [-0.1, -0.05) is 12.1 Å². The lowest BCUT2D eigenvalue weighted by Crippen LogP contribution is -2.12. The van der Waals surface area contributed by atoms with E-state index in [0.29, 0.717) is 22.6 Å². The van der Waals surface area contributed by atoms with E-state index in [1.807, 2.05) is 19.9 Å². The third-order valence-corrected chi connectivity index (χ3v) is 3.91. The molecule has 132 valence electrons. The van der Waals surface area contributed by atoms with E-state index in [2.05, 4.69) is 20.8 Å². The molecular weight excluding hydrogens is 330 g/mol. The number of rotatable bonds is 5. The van der Waals surface area contributed by atoms with E-state index < -0.39 is 0 Å². The molecule has 1 aromatic heterocycles. The minimum absolute atomic E-state index is 0.0153. The Labute approximate surface area is 151 Å². The highest BCUT2D eigenvalue weighted by atomic mass is 16.1. The van der Waals surface area contributed by atoms with Gasteiger partial charge in [0.2, 0.25) is 0 Å². The first-order chi connectivity index (χ1) is 12.5. The first kappa shape index (κ1) is 17.5. The van der Waals surface area contributed by atoms with Crippen LogP contribution in [0.5, 0.6) is 0 Å². The number of anilines is 1. The molecule has 0 aliphatic carbocycles. The molecule has 0 spiro atoms. The third kappa shape index (κ3) is 3.66. The fourth-order valence-electron chi connectivity index (χ4n) is 2.52. The highest BCUT2D eigenvalue weighted by Gasteiger charge is 2.14. The van der Waals surface area contributed by atoms with Gasteiger partial charge in [0.15, 0.2) is 11.6 Å². The first-order valence-electron chi connectivity index (χ1n) is 8.26. The van der Waals surface area contributed by atoms with Crippen molar-refractivity contribution in [1.82, 2.24) is 20.2 Å². The molecule has 0 aliphatic heterocycles. The van der Waals surface area contributed by atoms with Gasteiger partial charge in [0, 0.05) is 22.4 Å². The van der Waals surface area contributed by atoms with Crippen molar-refractivity contribution in [3.63, 3.8) is 0 Å². The Morgan fingerprint density at radius 2 is 1.77 bits per heavy atom. The van der Waals surface area contributed by atoms with E-state index in [4.69, 9.17) is 0 Å². The van der Waals surface area contributed by atoms with Crippen LogP contribution in [0.25, 0.3) is 11.4 Å². The Morgan fingerprint density at radius 1 is 1.04 bits per heavy atom. The molecule has 3 rings (SSSR count). The number of tetrazole rings is 1. The highest BCUT2D eigenvalue weighted by Crippen LogP contribution is 2.21. The van der Waals surface area contributed by atoms with Crippen molar-refractivity contribution in [3.8, 4) is 11.4 Å². The number of amides is 1. The summed E-state index contributed by atoms with van der Waals surface area (Å²) < 4.78 is 1.71. The van der Waals surface area contributed by atoms with Crippen LogP contribution >= 0.6 is 0 Å². The second-order valence-corrected chi connectivity index (χ2v) is 6.21. The van der Waals surface area contributed by atoms with Crippen LogP contribution in [-0.4, -0.2) is 31.9 Å². The predicted octanol–water partition coefficient (Wildman–Crippen LogP) is 3.38. The summed E-state index contributed by atoms with van der Waals surface area (Å²) in [6.45, 7) is 5.48. The third-order valence-electron chi connectivity index (χ3n) is 3.91. The Morgan fingerprint density at radius 3 is 2.42 bits per heavy atom. The van der Waals surface area contributed by atoms with Crippen LogP contribution in [0, 0.1) is 0 Å². The van der Waals surface area contributed by atoms with Gasteiger partial charge in [0.05, 0.1) is 6.04 Å². The van der Waals surface area contributed by atoms with E-state index in [1.54, 1.807) is 47.1 Å². The molecule has 0 saturated heterocycles. The van der Waals surface area contributed by atoms with Crippen molar-refractivity contribution in [3.05, 3.63) is 59.7 Å². The monoisotopic (exact) mass is 349 g/mol. The van der Waals surface area contributed by atoms with Gasteiger partial charge in [0.25, 0.3) is 5.91 Å². The molecule has 0 aliphatic rings. The molecule has 1 heterocycles. The number of hydrogen-bond donors (Lipinski definition) is 1. The van der Waals surface area contributed by atoms with Gasteiger partial charge >= 0.3 is 0 Å². The average molecular weight is 349 g/mol. The molecule has 2 aromatic carbocycles.